The minimum Gasteiger partial charge on any atom is -0.364 e. The Kier molecular flexibility index (Phi) is 7.74. The second-order valence-corrected chi connectivity index (χ2v) is 8.62. The lowest BCUT2D eigenvalue weighted by Crippen LogP contribution is -2.41. The Hall–Kier alpha value is -2.22. The largest absolute Gasteiger partial charge is 0.364 e. The van der Waals surface area contributed by atoms with E-state index in [1.807, 2.05) is 0 Å². The van der Waals surface area contributed by atoms with Crippen molar-refractivity contribution in [3.63, 3.8) is 0 Å². The van der Waals surface area contributed by atoms with E-state index in [1.165, 1.54) is 22.5 Å². The molecule has 0 heterocycles. The van der Waals surface area contributed by atoms with Gasteiger partial charge in [-0.3, -0.25) is 0 Å². The molecule has 2 rings (SSSR count). The maximum absolute atomic E-state index is 2.56. The first-order chi connectivity index (χ1) is 13.3. The van der Waals surface area contributed by atoms with E-state index in [0.717, 1.165) is 0 Å². The molecule has 0 fully saturated rings. The van der Waals surface area contributed by atoms with E-state index in [0.29, 0.717) is 24.2 Å². The third kappa shape index (κ3) is 4.98. The second-order valence-electron chi connectivity index (χ2n) is 8.62. The second kappa shape index (κ2) is 9.82. The van der Waals surface area contributed by atoms with Crippen molar-refractivity contribution in [2.24, 2.45) is 0 Å². The summed E-state index contributed by atoms with van der Waals surface area (Å²) >= 11 is 0. The van der Waals surface area contributed by atoms with Crippen LogP contribution in [0.1, 0.15) is 66.5 Å². The van der Waals surface area contributed by atoms with Crippen molar-refractivity contribution in [3.8, 4) is 0 Å². The highest BCUT2D eigenvalue weighted by molar-refractivity contribution is 5.89. The lowest BCUT2D eigenvalue weighted by molar-refractivity contribution is 0.251. The Bertz CT molecular complexity index is 661. The van der Waals surface area contributed by atoms with Gasteiger partial charge >= 0.3 is 0 Å². The fourth-order valence-corrected chi connectivity index (χ4v) is 4.23. The molecule has 152 valence electrons. The maximum Gasteiger partial charge on any atom is 0.0688 e. The molecular formula is C26H38N2. The highest BCUT2D eigenvalue weighted by Crippen LogP contribution is 2.36. The summed E-state index contributed by atoms with van der Waals surface area (Å²) in [4.78, 5) is 5.13. The molecular weight excluding hydrogens is 340 g/mol. The van der Waals surface area contributed by atoms with Gasteiger partial charge in [0.2, 0.25) is 0 Å². The molecule has 0 unspecified atom stereocenters. The lowest BCUT2D eigenvalue weighted by Gasteiger charge is -2.42. The summed E-state index contributed by atoms with van der Waals surface area (Å²) in [6.07, 6.45) is 0. The molecule has 0 radical (unpaired) electrons. The van der Waals surface area contributed by atoms with Gasteiger partial charge in [-0.25, -0.2) is 0 Å². The number of nitrogens with zero attached hydrogens (tertiary/aromatic N) is 2. The predicted octanol–water partition coefficient (Wildman–Crippen LogP) is 6.75. The predicted molar refractivity (Wildman–Crippen MR) is 124 cm³/mol. The standard InChI is InChI=1S/C26H38N2/c1-19(2)27(20(3)4)25(23-15-11-9-12-16-23)26(24-17-13-10-14-18-24)28(21(5)6)22(7)8/h9-22H,1-8H3/b26-25+. The van der Waals surface area contributed by atoms with Gasteiger partial charge in [-0.15, -0.1) is 0 Å². The molecule has 0 spiro atoms. The molecule has 0 bridgehead atoms. The zero-order valence-corrected chi connectivity index (χ0v) is 19.0. The molecule has 2 nitrogen and oxygen atoms in total. The van der Waals surface area contributed by atoms with Gasteiger partial charge in [0.25, 0.3) is 0 Å². The van der Waals surface area contributed by atoms with Gasteiger partial charge in [0.1, 0.15) is 0 Å². The first kappa shape index (κ1) is 22.1. The van der Waals surface area contributed by atoms with E-state index in [2.05, 4.69) is 126 Å². The van der Waals surface area contributed by atoms with E-state index >= 15 is 0 Å². The summed E-state index contributed by atoms with van der Waals surface area (Å²) < 4.78 is 0. The maximum atomic E-state index is 2.56. The zero-order chi connectivity index (χ0) is 20.8. The van der Waals surface area contributed by atoms with Crippen LogP contribution in [0, 0.1) is 0 Å². The van der Waals surface area contributed by atoms with Crippen LogP contribution in [-0.2, 0) is 0 Å². The van der Waals surface area contributed by atoms with Gasteiger partial charge in [0, 0.05) is 24.2 Å². The molecule has 0 aliphatic rings. The Morgan fingerprint density at radius 2 is 0.714 bits per heavy atom. The van der Waals surface area contributed by atoms with Crippen molar-refractivity contribution < 1.29 is 0 Å². The van der Waals surface area contributed by atoms with Crippen LogP contribution in [0.4, 0.5) is 0 Å². The molecule has 0 N–H and O–H groups in total. The first-order valence-corrected chi connectivity index (χ1v) is 10.7. The van der Waals surface area contributed by atoms with E-state index in [4.69, 9.17) is 0 Å². The Morgan fingerprint density at radius 1 is 0.464 bits per heavy atom. The van der Waals surface area contributed by atoms with Crippen molar-refractivity contribution in [2.45, 2.75) is 79.6 Å². The van der Waals surface area contributed by atoms with Gasteiger partial charge in [-0.2, -0.15) is 0 Å². The van der Waals surface area contributed by atoms with Gasteiger partial charge in [-0.1, -0.05) is 60.7 Å². The van der Waals surface area contributed by atoms with E-state index in [-0.39, 0.29) is 0 Å². The summed E-state index contributed by atoms with van der Waals surface area (Å²) in [5.41, 5.74) is 5.18. The van der Waals surface area contributed by atoms with E-state index in [9.17, 15) is 0 Å². The van der Waals surface area contributed by atoms with Gasteiger partial charge < -0.3 is 9.80 Å². The molecule has 0 atom stereocenters. The molecule has 0 aromatic heterocycles. The van der Waals surface area contributed by atoms with E-state index in [1.54, 1.807) is 0 Å². The molecule has 0 aliphatic carbocycles. The van der Waals surface area contributed by atoms with Crippen LogP contribution in [-0.4, -0.2) is 34.0 Å². The highest BCUT2D eigenvalue weighted by Gasteiger charge is 2.28. The van der Waals surface area contributed by atoms with Crippen LogP contribution < -0.4 is 0 Å². The fourth-order valence-electron chi connectivity index (χ4n) is 4.23. The normalized spacial score (nSPS) is 12.7. The average Bonchev–Trinajstić information content (AvgIpc) is 2.64. The lowest BCUT2D eigenvalue weighted by atomic mass is 9.98. The van der Waals surface area contributed by atoms with Crippen LogP contribution in [0.15, 0.2) is 60.7 Å². The SMILES string of the molecule is CC(C)N(/C(=C(\c1ccccc1)N(C(C)C)C(C)C)c1ccccc1)C(C)C. The fraction of sp³-hybridized carbons (Fsp3) is 0.462. The van der Waals surface area contributed by atoms with Crippen LogP contribution >= 0.6 is 0 Å². The topological polar surface area (TPSA) is 6.48 Å². The van der Waals surface area contributed by atoms with Gasteiger partial charge in [-0.05, 0) is 66.5 Å². The molecule has 0 amide bonds. The molecule has 2 aromatic rings. The van der Waals surface area contributed by atoms with Crippen molar-refractivity contribution in [1.29, 1.82) is 0 Å². The summed E-state index contributed by atoms with van der Waals surface area (Å²) in [5, 5.41) is 0. The zero-order valence-electron chi connectivity index (χ0n) is 19.0. The quantitative estimate of drug-likeness (QED) is 0.469. The Balaban J connectivity index is 2.95. The summed E-state index contributed by atoms with van der Waals surface area (Å²) in [6, 6.07) is 23.3. The van der Waals surface area contributed by atoms with Crippen LogP contribution in [0.5, 0.6) is 0 Å². The molecule has 2 aromatic carbocycles. The summed E-state index contributed by atoms with van der Waals surface area (Å²) in [6.45, 7) is 18.3. The van der Waals surface area contributed by atoms with Crippen molar-refractivity contribution in [3.05, 3.63) is 71.8 Å². The van der Waals surface area contributed by atoms with Crippen LogP contribution in [0.3, 0.4) is 0 Å². The van der Waals surface area contributed by atoms with Crippen molar-refractivity contribution in [1.82, 2.24) is 9.80 Å². The summed E-state index contributed by atoms with van der Waals surface area (Å²) in [5.74, 6) is 0. The number of rotatable bonds is 8. The monoisotopic (exact) mass is 378 g/mol. The van der Waals surface area contributed by atoms with Crippen LogP contribution in [0.2, 0.25) is 0 Å². The third-order valence-electron chi connectivity index (χ3n) is 5.06. The average molecular weight is 379 g/mol. The summed E-state index contributed by atoms with van der Waals surface area (Å²) in [7, 11) is 0. The minimum absolute atomic E-state index is 0.398. The van der Waals surface area contributed by atoms with Crippen molar-refractivity contribution in [2.75, 3.05) is 0 Å². The van der Waals surface area contributed by atoms with Gasteiger partial charge in [0.15, 0.2) is 0 Å². The molecule has 0 saturated carbocycles. The molecule has 0 saturated heterocycles. The number of hydrogen-bond acceptors (Lipinski definition) is 2. The van der Waals surface area contributed by atoms with Crippen molar-refractivity contribution >= 4 is 11.4 Å². The molecule has 0 aliphatic heterocycles. The molecule has 28 heavy (non-hydrogen) atoms. The number of benzene rings is 2. The number of hydrogen-bond donors (Lipinski definition) is 0. The Labute approximate surface area is 172 Å². The smallest absolute Gasteiger partial charge is 0.0688 e. The minimum atomic E-state index is 0.398. The van der Waals surface area contributed by atoms with Crippen LogP contribution in [0.25, 0.3) is 11.4 Å². The van der Waals surface area contributed by atoms with E-state index < -0.39 is 0 Å². The highest BCUT2D eigenvalue weighted by atomic mass is 15.2. The molecule has 2 heteroatoms. The first-order valence-electron chi connectivity index (χ1n) is 10.7. The van der Waals surface area contributed by atoms with Gasteiger partial charge in [0.05, 0.1) is 11.4 Å². The Morgan fingerprint density at radius 3 is 0.929 bits per heavy atom. The third-order valence-corrected chi connectivity index (χ3v) is 5.06.